The lowest BCUT2D eigenvalue weighted by Gasteiger charge is -2.34. The minimum absolute atomic E-state index is 0.0971. The summed E-state index contributed by atoms with van der Waals surface area (Å²) in [7, 11) is 0. The number of nitrogens with one attached hydrogen (secondary N) is 2. The molecule has 0 saturated carbocycles. The van der Waals surface area contributed by atoms with Gasteiger partial charge in [-0.15, -0.1) is 0 Å². The Morgan fingerprint density at radius 3 is 2.45 bits per heavy atom. The van der Waals surface area contributed by atoms with Gasteiger partial charge in [0, 0.05) is 57.2 Å². The number of amides is 1. The zero-order valence-corrected chi connectivity index (χ0v) is 18.9. The van der Waals surface area contributed by atoms with Crippen LogP contribution in [0.1, 0.15) is 40.4 Å². The Bertz CT molecular complexity index is 1050. The van der Waals surface area contributed by atoms with Gasteiger partial charge in [-0.05, 0) is 48.2 Å². The van der Waals surface area contributed by atoms with Crippen LogP contribution in [0.3, 0.4) is 0 Å². The fourth-order valence-corrected chi connectivity index (χ4v) is 4.66. The summed E-state index contributed by atoms with van der Waals surface area (Å²) in [4.78, 5) is 21.9. The first-order valence-corrected chi connectivity index (χ1v) is 11.9. The molecule has 2 aliphatic heterocycles. The average molecular weight is 442 g/mol. The van der Waals surface area contributed by atoms with Gasteiger partial charge in [-0.2, -0.15) is 0 Å². The van der Waals surface area contributed by atoms with Crippen molar-refractivity contribution >= 4 is 17.4 Å². The number of benzene rings is 2. The van der Waals surface area contributed by atoms with Crippen molar-refractivity contribution < 1.29 is 4.79 Å². The number of hydrogen-bond acceptors (Lipinski definition) is 5. The third-order valence-corrected chi connectivity index (χ3v) is 6.57. The van der Waals surface area contributed by atoms with Crippen molar-refractivity contribution in [3.8, 4) is 0 Å². The first kappa shape index (κ1) is 21.5. The van der Waals surface area contributed by atoms with Crippen LogP contribution in [0.25, 0.3) is 0 Å². The third kappa shape index (κ3) is 5.17. The molecule has 0 aliphatic carbocycles. The van der Waals surface area contributed by atoms with Gasteiger partial charge in [0.1, 0.15) is 5.82 Å². The van der Waals surface area contributed by atoms with Gasteiger partial charge >= 0.3 is 0 Å². The van der Waals surface area contributed by atoms with Crippen LogP contribution < -0.4 is 20.4 Å². The van der Waals surface area contributed by atoms with E-state index < -0.39 is 0 Å². The molecule has 2 aliphatic rings. The molecule has 0 radical (unpaired) electrons. The maximum atomic E-state index is 12.6. The van der Waals surface area contributed by atoms with Crippen LogP contribution in [-0.2, 0) is 6.54 Å². The topological polar surface area (TPSA) is 60.5 Å². The summed E-state index contributed by atoms with van der Waals surface area (Å²) >= 11 is 0. The Balaban J connectivity index is 1.16. The Morgan fingerprint density at radius 2 is 1.73 bits per heavy atom. The van der Waals surface area contributed by atoms with Gasteiger partial charge in [-0.3, -0.25) is 4.79 Å². The number of anilines is 2. The van der Waals surface area contributed by atoms with Crippen molar-refractivity contribution in [3.63, 3.8) is 0 Å². The van der Waals surface area contributed by atoms with E-state index in [0.29, 0.717) is 12.1 Å². The number of aromatic nitrogens is 1. The number of carbonyl (C=O) groups excluding carboxylic acids is 1. The standard InChI is InChI=1S/C27H31N5O/c33-27(30-18-21-8-11-24(12-9-21)31-15-4-5-16-31)23-10-13-26(29-19-23)32-17-14-28-25(20-32)22-6-2-1-3-7-22/h1-3,6-13,19,25,28H,4-5,14-18,20H2,(H,30,33). The van der Waals surface area contributed by atoms with Gasteiger partial charge < -0.3 is 20.4 Å². The zero-order valence-electron chi connectivity index (χ0n) is 18.9. The third-order valence-electron chi connectivity index (χ3n) is 6.57. The van der Waals surface area contributed by atoms with Crippen LogP contribution in [0.5, 0.6) is 0 Å². The van der Waals surface area contributed by atoms with Gasteiger partial charge in [0.2, 0.25) is 0 Å². The van der Waals surface area contributed by atoms with E-state index in [-0.39, 0.29) is 11.9 Å². The van der Waals surface area contributed by atoms with Gasteiger partial charge in [-0.1, -0.05) is 42.5 Å². The second-order valence-electron chi connectivity index (χ2n) is 8.81. The molecular weight excluding hydrogens is 410 g/mol. The van der Waals surface area contributed by atoms with Gasteiger partial charge in [0.25, 0.3) is 5.91 Å². The zero-order chi connectivity index (χ0) is 22.5. The van der Waals surface area contributed by atoms with Crippen LogP contribution in [-0.4, -0.2) is 43.6 Å². The molecular formula is C27H31N5O. The van der Waals surface area contributed by atoms with Crippen molar-refractivity contribution in [3.05, 3.63) is 89.6 Å². The number of nitrogens with zero attached hydrogens (tertiary/aromatic N) is 3. The highest BCUT2D eigenvalue weighted by molar-refractivity contribution is 5.94. The maximum Gasteiger partial charge on any atom is 0.253 e. The summed E-state index contributed by atoms with van der Waals surface area (Å²) in [6.07, 6.45) is 4.22. The molecule has 1 aromatic heterocycles. The highest BCUT2D eigenvalue weighted by Crippen LogP contribution is 2.22. The molecule has 2 fully saturated rings. The lowest BCUT2D eigenvalue weighted by atomic mass is 10.0. The second-order valence-corrected chi connectivity index (χ2v) is 8.81. The summed E-state index contributed by atoms with van der Waals surface area (Å²) < 4.78 is 0. The molecule has 170 valence electrons. The first-order valence-electron chi connectivity index (χ1n) is 11.9. The minimum Gasteiger partial charge on any atom is -0.372 e. The molecule has 2 aromatic carbocycles. The van der Waals surface area contributed by atoms with E-state index >= 15 is 0 Å². The lowest BCUT2D eigenvalue weighted by Crippen LogP contribution is -2.46. The van der Waals surface area contributed by atoms with Gasteiger partial charge in [0.15, 0.2) is 0 Å². The van der Waals surface area contributed by atoms with E-state index in [1.54, 1.807) is 6.20 Å². The van der Waals surface area contributed by atoms with E-state index in [9.17, 15) is 4.79 Å². The number of pyridine rings is 1. The van der Waals surface area contributed by atoms with Crippen molar-refractivity contribution in [2.24, 2.45) is 0 Å². The Morgan fingerprint density at radius 1 is 0.939 bits per heavy atom. The molecule has 33 heavy (non-hydrogen) atoms. The van der Waals surface area contributed by atoms with Gasteiger partial charge in [-0.25, -0.2) is 4.98 Å². The van der Waals surface area contributed by atoms with E-state index in [0.717, 1.165) is 44.1 Å². The molecule has 6 heteroatoms. The predicted octanol–water partition coefficient (Wildman–Crippen LogP) is 3.76. The highest BCUT2D eigenvalue weighted by Gasteiger charge is 2.21. The fourth-order valence-electron chi connectivity index (χ4n) is 4.66. The monoisotopic (exact) mass is 441 g/mol. The second kappa shape index (κ2) is 10.0. The molecule has 3 heterocycles. The smallest absolute Gasteiger partial charge is 0.253 e. The summed E-state index contributed by atoms with van der Waals surface area (Å²) in [6.45, 7) is 5.45. The van der Waals surface area contributed by atoms with Crippen molar-refractivity contribution in [1.82, 2.24) is 15.6 Å². The predicted molar refractivity (Wildman–Crippen MR) is 133 cm³/mol. The molecule has 5 rings (SSSR count). The minimum atomic E-state index is -0.0971. The first-order chi connectivity index (χ1) is 16.3. The normalized spacial score (nSPS) is 18.4. The van der Waals surface area contributed by atoms with E-state index in [1.165, 1.54) is 24.1 Å². The van der Waals surface area contributed by atoms with E-state index in [2.05, 4.69) is 73.9 Å². The van der Waals surface area contributed by atoms with E-state index in [4.69, 9.17) is 0 Å². The summed E-state index contributed by atoms with van der Waals surface area (Å²) in [5, 5.41) is 6.60. The largest absolute Gasteiger partial charge is 0.372 e. The molecule has 3 aromatic rings. The highest BCUT2D eigenvalue weighted by atomic mass is 16.1. The van der Waals surface area contributed by atoms with E-state index in [1.807, 2.05) is 18.2 Å². The maximum absolute atomic E-state index is 12.6. The summed E-state index contributed by atoms with van der Waals surface area (Å²) in [5.74, 6) is 0.812. The average Bonchev–Trinajstić information content (AvgIpc) is 3.43. The molecule has 1 atom stereocenters. The van der Waals surface area contributed by atoms with Crippen molar-refractivity contribution in [2.75, 3.05) is 42.5 Å². The molecule has 0 spiro atoms. The Labute approximate surface area is 195 Å². The van der Waals surface area contributed by atoms with Crippen LogP contribution in [0, 0.1) is 0 Å². The molecule has 1 unspecified atom stereocenters. The summed E-state index contributed by atoms with van der Waals surface area (Å²) in [5.41, 5.74) is 4.24. The number of hydrogen-bond donors (Lipinski definition) is 2. The Kier molecular flexibility index (Phi) is 6.53. The van der Waals surface area contributed by atoms with Crippen LogP contribution in [0.2, 0.25) is 0 Å². The van der Waals surface area contributed by atoms with Crippen LogP contribution >= 0.6 is 0 Å². The SMILES string of the molecule is O=C(NCc1ccc(N2CCCC2)cc1)c1ccc(N2CCNC(c3ccccc3)C2)nc1. The quantitative estimate of drug-likeness (QED) is 0.610. The molecule has 6 nitrogen and oxygen atoms in total. The summed E-state index contributed by atoms with van der Waals surface area (Å²) in [6, 6.07) is 23.1. The molecule has 0 bridgehead atoms. The number of piperazine rings is 1. The Hall–Kier alpha value is -3.38. The van der Waals surface area contributed by atoms with Crippen molar-refractivity contribution in [2.45, 2.75) is 25.4 Å². The van der Waals surface area contributed by atoms with Gasteiger partial charge in [0.05, 0.1) is 5.56 Å². The molecule has 2 N–H and O–H groups in total. The lowest BCUT2D eigenvalue weighted by molar-refractivity contribution is 0.0950. The number of rotatable bonds is 6. The molecule has 2 saturated heterocycles. The molecule has 1 amide bonds. The fraction of sp³-hybridized carbons (Fsp3) is 0.333. The van der Waals surface area contributed by atoms with Crippen molar-refractivity contribution in [1.29, 1.82) is 0 Å². The van der Waals surface area contributed by atoms with Crippen LogP contribution in [0.15, 0.2) is 72.9 Å². The number of carbonyl (C=O) groups is 1. The van der Waals surface area contributed by atoms with Crippen LogP contribution in [0.4, 0.5) is 11.5 Å².